The summed E-state index contributed by atoms with van der Waals surface area (Å²) in [4.78, 5) is 18.3. The van der Waals surface area contributed by atoms with Crippen LogP contribution in [0.2, 0.25) is 0 Å². The number of nitrogens with zero attached hydrogens (tertiary/aromatic N) is 1. The van der Waals surface area contributed by atoms with Crippen LogP contribution in [-0.2, 0) is 0 Å². The zero-order valence-electron chi connectivity index (χ0n) is 7.07. The predicted molar refractivity (Wildman–Crippen MR) is 52.9 cm³/mol. The van der Waals surface area contributed by atoms with Crippen LogP contribution in [0.15, 0.2) is 28.5 Å². The molecule has 0 aromatic carbocycles. The molecule has 3 nitrogen and oxygen atoms in total. The zero-order chi connectivity index (χ0) is 9.26. The van der Waals surface area contributed by atoms with Gasteiger partial charge in [0.15, 0.2) is 5.43 Å². The largest absolute Gasteiger partial charge is 0.360 e. The number of hydrogen-bond acceptors (Lipinski definition) is 3. The van der Waals surface area contributed by atoms with Crippen LogP contribution in [0, 0.1) is 6.92 Å². The van der Waals surface area contributed by atoms with Crippen molar-refractivity contribution in [1.82, 2.24) is 9.97 Å². The summed E-state index contributed by atoms with van der Waals surface area (Å²) < 4.78 is 0. The Balaban J connectivity index is 2.52. The second-order valence-electron chi connectivity index (χ2n) is 2.69. The van der Waals surface area contributed by atoms with Gasteiger partial charge in [-0.25, -0.2) is 4.98 Å². The summed E-state index contributed by atoms with van der Waals surface area (Å²) in [5.41, 5.74) is 1.61. The van der Waals surface area contributed by atoms with E-state index in [0.29, 0.717) is 0 Å². The Labute approximate surface area is 79.1 Å². The molecule has 0 atom stereocenters. The molecule has 0 aliphatic carbocycles. The molecule has 2 heterocycles. The summed E-state index contributed by atoms with van der Waals surface area (Å²) in [6.45, 7) is 1.94. The SMILES string of the molecule is Cc1nc(-c2cc(=O)cc[nH]2)cs1. The average Bonchev–Trinajstić information content (AvgIpc) is 2.52. The van der Waals surface area contributed by atoms with Crippen molar-refractivity contribution in [2.45, 2.75) is 6.92 Å². The first-order valence-electron chi connectivity index (χ1n) is 3.87. The first kappa shape index (κ1) is 8.19. The predicted octanol–water partition coefficient (Wildman–Crippen LogP) is 1.81. The molecule has 0 radical (unpaired) electrons. The lowest BCUT2D eigenvalue weighted by molar-refractivity contribution is 1.23. The number of nitrogens with one attached hydrogen (secondary N) is 1. The van der Waals surface area contributed by atoms with Crippen molar-refractivity contribution in [3.05, 3.63) is 38.9 Å². The van der Waals surface area contributed by atoms with Crippen molar-refractivity contribution >= 4 is 11.3 Å². The number of H-pyrrole nitrogens is 1. The monoisotopic (exact) mass is 192 g/mol. The van der Waals surface area contributed by atoms with Crippen molar-refractivity contribution in [2.24, 2.45) is 0 Å². The van der Waals surface area contributed by atoms with Gasteiger partial charge in [0.25, 0.3) is 0 Å². The lowest BCUT2D eigenvalue weighted by atomic mass is 10.3. The highest BCUT2D eigenvalue weighted by Gasteiger charge is 2.01. The lowest BCUT2D eigenvalue weighted by Crippen LogP contribution is -1.97. The lowest BCUT2D eigenvalue weighted by Gasteiger charge is -1.93. The molecule has 2 aromatic rings. The molecule has 1 N–H and O–H groups in total. The molecule has 2 aromatic heterocycles. The van der Waals surface area contributed by atoms with Crippen molar-refractivity contribution in [3.63, 3.8) is 0 Å². The first-order valence-corrected chi connectivity index (χ1v) is 4.75. The van der Waals surface area contributed by atoms with Crippen LogP contribution in [0.5, 0.6) is 0 Å². The van der Waals surface area contributed by atoms with Gasteiger partial charge >= 0.3 is 0 Å². The van der Waals surface area contributed by atoms with Gasteiger partial charge in [0.05, 0.1) is 16.4 Å². The maximum Gasteiger partial charge on any atom is 0.182 e. The second kappa shape index (κ2) is 3.14. The molecule has 0 spiro atoms. The standard InChI is InChI=1S/C9H8N2OS/c1-6-11-9(5-13-6)8-4-7(12)2-3-10-8/h2-5H,1H3,(H,10,12). The van der Waals surface area contributed by atoms with Crippen molar-refractivity contribution < 1.29 is 0 Å². The van der Waals surface area contributed by atoms with Crippen molar-refractivity contribution in [1.29, 1.82) is 0 Å². The van der Waals surface area contributed by atoms with Gasteiger partial charge in [0.1, 0.15) is 0 Å². The molecule has 0 saturated heterocycles. The van der Waals surface area contributed by atoms with Crippen LogP contribution in [0.3, 0.4) is 0 Å². The highest BCUT2D eigenvalue weighted by Crippen LogP contribution is 2.17. The van der Waals surface area contributed by atoms with E-state index >= 15 is 0 Å². The number of aromatic nitrogens is 2. The summed E-state index contributed by atoms with van der Waals surface area (Å²) in [7, 11) is 0. The van der Waals surface area contributed by atoms with Gasteiger partial charge < -0.3 is 4.98 Å². The van der Waals surface area contributed by atoms with Crippen molar-refractivity contribution in [2.75, 3.05) is 0 Å². The van der Waals surface area contributed by atoms with E-state index in [0.717, 1.165) is 16.4 Å². The Morgan fingerprint density at radius 1 is 1.54 bits per heavy atom. The van der Waals surface area contributed by atoms with Gasteiger partial charge in [-0.05, 0) is 6.92 Å². The third-order valence-corrected chi connectivity index (χ3v) is 2.44. The van der Waals surface area contributed by atoms with Gasteiger partial charge in [-0.3, -0.25) is 4.79 Å². The molecule has 4 heteroatoms. The third kappa shape index (κ3) is 1.67. The van der Waals surface area contributed by atoms with Crippen LogP contribution >= 0.6 is 11.3 Å². The quantitative estimate of drug-likeness (QED) is 0.749. The van der Waals surface area contributed by atoms with E-state index in [-0.39, 0.29) is 5.43 Å². The topological polar surface area (TPSA) is 45.8 Å². The molecular weight excluding hydrogens is 184 g/mol. The van der Waals surface area contributed by atoms with E-state index in [9.17, 15) is 4.79 Å². The molecule has 66 valence electrons. The molecule has 0 fully saturated rings. The third-order valence-electron chi connectivity index (χ3n) is 1.67. The van der Waals surface area contributed by atoms with E-state index in [4.69, 9.17) is 0 Å². The molecule has 0 bridgehead atoms. The van der Waals surface area contributed by atoms with E-state index < -0.39 is 0 Å². The van der Waals surface area contributed by atoms with Crippen LogP contribution in [0.4, 0.5) is 0 Å². The molecule has 0 aliphatic heterocycles. The summed E-state index contributed by atoms with van der Waals surface area (Å²) in [6.07, 6.45) is 1.63. The van der Waals surface area contributed by atoms with Crippen molar-refractivity contribution in [3.8, 4) is 11.4 Å². The minimum atomic E-state index is -0.000553. The van der Waals surface area contributed by atoms with Gasteiger partial charge in [-0.1, -0.05) is 0 Å². The minimum Gasteiger partial charge on any atom is -0.360 e. The number of rotatable bonds is 1. The summed E-state index contributed by atoms with van der Waals surface area (Å²) in [6, 6.07) is 3.04. The number of thiazole rings is 1. The maximum atomic E-state index is 11.0. The van der Waals surface area contributed by atoms with E-state index in [1.165, 1.54) is 6.07 Å². The van der Waals surface area contributed by atoms with Crippen LogP contribution in [0.25, 0.3) is 11.4 Å². The number of aromatic amines is 1. The van der Waals surface area contributed by atoms with Crippen LogP contribution < -0.4 is 5.43 Å². The summed E-state index contributed by atoms with van der Waals surface area (Å²) in [5.74, 6) is 0. The molecule has 0 aliphatic rings. The smallest absolute Gasteiger partial charge is 0.182 e. The zero-order valence-corrected chi connectivity index (χ0v) is 7.89. The van der Waals surface area contributed by atoms with Crippen LogP contribution in [-0.4, -0.2) is 9.97 Å². The Bertz CT molecular complexity index is 472. The Hall–Kier alpha value is -1.42. The Kier molecular flexibility index (Phi) is 1.98. The van der Waals surface area contributed by atoms with Gasteiger partial charge in [-0.15, -0.1) is 11.3 Å². The molecule has 13 heavy (non-hydrogen) atoms. The second-order valence-corrected chi connectivity index (χ2v) is 3.75. The maximum absolute atomic E-state index is 11.0. The molecule has 0 saturated carbocycles. The van der Waals surface area contributed by atoms with Gasteiger partial charge in [0, 0.05) is 23.7 Å². The number of hydrogen-bond donors (Lipinski definition) is 1. The molecule has 2 rings (SSSR count). The highest BCUT2D eigenvalue weighted by atomic mass is 32.1. The number of aryl methyl sites for hydroxylation is 1. The first-order chi connectivity index (χ1) is 6.25. The normalized spacial score (nSPS) is 10.2. The van der Waals surface area contributed by atoms with E-state index in [1.807, 2.05) is 12.3 Å². The van der Waals surface area contributed by atoms with E-state index in [1.54, 1.807) is 23.6 Å². The fourth-order valence-corrected chi connectivity index (χ4v) is 1.69. The van der Waals surface area contributed by atoms with Gasteiger partial charge in [0.2, 0.25) is 0 Å². The number of pyridine rings is 1. The van der Waals surface area contributed by atoms with Crippen LogP contribution in [0.1, 0.15) is 5.01 Å². The fourth-order valence-electron chi connectivity index (χ4n) is 1.08. The summed E-state index contributed by atoms with van der Waals surface area (Å²) >= 11 is 1.57. The highest BCUT2D eigenvalue weighted by molar-refractivity contribution is 7.09. The van der Waals surface area contributed by atoms with Gasteiger partial charge in [-0.2, -0.15) is 0 Å². The minimum absolute atomic E-state index is 0.000553. The molecule has 0 amide bonds. The molecule has 0 unspecified atom stereocenters. The Morgan fingerprint density at radius 3 is 3.00 bits per heavy atom. The molecular formula is C9H8N2OS. The fraction of sp³-hybridized carbons (Fsp3) is 0.111. The van der Waals surface area contributed by atoms with E-state index in [2.05, 4.69) is 9.97 Å². The Morgan fingerprint density at radius 2 is 2.38 bits per heavy atom. The summed E-state index contributed by atoms with van der Waals surface area (Å²) in [5, 5.41) is 2.93. The average molecular weight is 192 g/mol.